The second kappa shape index (κ2) is 7.25. The fourth-order valence-corrected chi connectivity index (χ4v) is 3.88. The van der Waals surface area contributed by atoms with Crippen LogP contribution in [0.25, 0.3) is 4.96 Å². The smallest absolute Gasteiger partial charge is 0.225 e. The molecular weight excluding hydrogens is 350 g/mol. The number of pyridine rings is 1. The minimum atomic E-state index is -0.283. The number of rotatable bonds is 6. The van der Waals surface area contributed by atoms with Crippen molar-refractivity contribution in [2.45, 2.75) is 19.4 Å². The predicted octanol–water partition coefficient (Wildman–Crippen LogP) is 1.50. The van der Waals surface area contributed by atoms with E-state index in [1.165, 1.54) is 0 Å². The third-order valence-electron chi connectivity index (χ3n) is 4.53. The molecule has 134 valence electrons. The molecule has 3 aromatic heterocycles. The number of imidazole rings is 1. The molecule has 26 heavy (non-hydrogen) atoms. The van der Waals surface area contributed by atoms with Crippen LogP contribution in [0.1, 0.15) is 17.7 Å². The summed E-state index contributed by atoms with van der Waals surface area (Å²) in [6.45, 7) is 1.52. The Morgan fingerprint density at radius 3 is 3.00 bits per heavy atom. The molecule has 3 aromatic rings. The molecule has 0 aliphatic carbocycles. The van der Waals surface area contributed by atoms with Gasteiger partial charge in [-0.2, -0.15) is 0 Å². The zero-order valence-electron chi connectivity index (χ0n) is 14.2. The number of carbonyl (C=O) groups is 2. The van der Waals surface area contributed by atoms with E-state index >= 15 is 0 Å². The molecule has 0 spiro atoms. The Morgan fingerprint density at radius 2 is 2.19 bits per heavy atom. The van der Waals surface area contributed by atoms with E-state index in [-0.39, 0.29) is 24.2 Å². The number of fused-ring (bicyclic) bond motifs is 1. The maximum atomic E-state index is 12.4. The lowest BCUT2D eigenvalue weighted by Crippen LogP contribution is -2.34. The summed E-state index contributed by atoms with van der Waals surface area (Å²) < 4.78 is 1.98. The van der Waals surface area contributed by atoms with Crippen molar-refractivity contribution in [2.24, 2.45) is 5.92 Å². The zero-order chi connectivity index (χ0) is 17.9. The Hall–Kier alpha value is -2.74. The first-order valence-corrected chi connectivity index (χ1v) is 9.42. The normalized spacial score (nSPS) is 17.2. The van der Waals surface area contributed by atoms with Gasteiger partial charge in [0, 0.05) is 62.6 Å². The van der Waals surface area contributed by atoms with Gasteiger partial charge in [0.15, 0.2) is 4.96 Å². The molecule has 1 aliphatic heterocycles. The molecule has 1 N–H and O–H groups in total. The zero-order valence-corrected chi connectivity index (χ0v) is 15.0. The van der Waals surface area contributed by atoms with Crippen molar-refractivity contribution in [3.05, 3.63) is 53.6 Å². The van der Waals surface area contributed by atoms with Gasteiger partial charge >= 0.3 is 0 Å². The first-order valence-electron chi connectivity index (χ1n) is 8.54. The van der Waals surface area contributed by atoms with Crippen LogP contribution < -0.4 is 5.32 Å². The summed E-state index contributed by atoms with van der Waals surface area (Å²) in [5, 5.41) is 4.93. The molecule has 0 radical (unpaired) electrons. The van der Waals surface area contributed by atoms with Gasteiger partial charge < -0.3 is 10.2 Å². The largest absolute Gasteiger partial charge is 0.355 e. The summed E-state index contributed by atoms with van der Waals surface area (Å²) in [4.78, 5) is 35.7. The maximum Gasteiger partial charge on any atom is 0.225 e. The van der Waals surface area contributed by atoms with Gasteiger partial charge in [0.05, 0.1) is 11.6 Å². The predicted molar refractivity (Wildman–Crippen MR) is 97.5 cm³/mol. The lowest BCUT2D eigenvalue weighted by atomic mass is 10.1. The maximum absolute atomic E-state index is 12.4. The van der Waals surface area contributed by atoms with Crippen LogP contribution in [0.5, 0.6) is 0 Å². The van der Waals surface area contributed by atoms with Crippen LogP contribution in [0.4, 0.5) is 0 Å². The highest BCUT2D eigenvalue weighted by Gasteiger charge is 2.34. The number of thiazole rings is 1. The second-order valence-corrected chi connectivity index (χ2v) is 7.27. The van der Waals surface area contributed by atoms with Gasteiger partial charge in [-0.1, -0.05) is 0 Å². The topological polar surface area (TPSA) is 79.6 Å². The second-order valence-electron chi connectivity index (χ2n) is 6.40. The van der Waals surface area contributed by atoms with E-state index in [2.05, 4.69) is 15.3 Å². The number of nitrogens with zero attached hydrogens (tertiary/aromatic N) is 4. The van der Waals surface area contributed by atoms with Crippen molar-refractivity contribution in [2.75, 3.05) is 13.1 Å². The monoisotopic (exact) mass is 369 g/mol. The van der Waals surface area contributed by atoms with Gasteiger partial charge in [0.2, 0.25) is 11.8 Å². The van der Waals surface area contributed by atoms with Crippen molar-refractivity contribution in [3.8, 4) is 0 Å². The fourth-order valence-electron chi connectivity index (χ4n) is 3.16. The average molecular weight is 369 g/mol. The van der Waals surface area contributed by atoms with Crippen molar-refractivity contribution < 1.29 is 9.59 Å². The van der Waals surface area contributed by atoms with E-state index in [9.17, 15) is 9.59 Å². The van der Waals surface area contributed by atoms with Crippen molar-refractivity contribution >= 4 is 28.1 Å². The number of aromatic nitrogens is 3. The summed E-state index contributed by atoms with van der Waals surface area (Å²) in [5.74, 6) is -0.317. The first kappa shape index (κ1) is 16.7. The highest BCUT2D eigenvalue weighted by Crippen LogP contribution is 2.20. The van der Waals surface area contributed by atoms with Crippen LogP contribution in [-0.4, -0.2) is 44.2 Å². The molecule has 4 rings (SSSR count). The van der Waals surface area contributed by atoms with Gasteiger partial charge in [-0.25, -0.2) is 4.98 Å². The Bertz CT molecular complexity index is 891. The lowest BCUT2D eigenvalue weighted by Gasteiger charge is -2.16. The number of nitrogens with one attached hydrogen (secondary N) is 1. The van der Waals surface area contributed by atoms with Crippen LogP contribution >= 0.6 is 11.3 Å². The molecule has 2 amide bonds. The van der Waals surface area contributed by atoms with E-state index in [0.29, 0.717) is 26.1 Å². The van der Waals surface area contributed by atoms with Crippen LogP contribution in [0.15, 0.2) is 42.3 Å². The van der Waals surface area contributed by atoms with E-state index in [1.807, 2.05) is 34.3 Å². The Labute approximate surface area is 154 Å². The van der Waals surface area contributed by atoms with Crippen molar-refractivity contribution in [1.29, 1.82) is 0 Å². The van der Waals surface area contributed by atoms with E-state index in [4.69, 9.17) is 0 Å². The number of amides is 2. The molecule has 4 heterocycles. The number of carbonyl (C=O) groups excluding carboxylic acids is 2. The van der Waals surface area contributed by atoms with Crippen LogP contribution in [0, 0.1) is 5.92 Å². The Balaban J connectivity index is 1.27. The molecule has 1 atom stereocenters. The Morgan fingerprint density at radius 1 is 1.35 bits per heavy atom. The van der Waals surface area contributed by atoms with Crippen LogP contribution in [0.3, 0.4) is 0 Å². The minimum absolute atomic E-state index is 0.0244. The van der Waals surface area contributed by atoms with Gasteiger partial charge in [-0.05, 0) is 17.7 Å². The lowest BCUT2D eigenvalue weighted by molar-refractivity contribution is -0.129. The molecule has 8 heteroatoms. The first-order chi connectivity index (χ1) is 12.7. The van der Waals surface area contributed by atoms with Crippen molar-refractivity contribution in [1.82, 2.24) is 24.6 Å². The van der Waals surface area contributed by atoms with Crippen LogP contribution in [-0.2, 0) is 22.6 Å². The van der Waals surface area contributed by atoms with Gasteiger partial charge in [-0.3, -0.25) is 19.0 Å². The molecule has 1 saturated heterocycles. The Kier molecular flexibility index (Phi) is 4.66. The van der Waals surface area contributed by atoms with E-state index < -0.39 is 0 Å². The number of likely N-dealkylation sites (tertiary alicyclic amines) is 1. The van der Waals surface area contributed by atoms with Gasteiger partial charge in [-0.15, -0.1) is 11.3 Å². The minimum Gasteiger partial charge on any atom is -0.355 e. The third kappa shape index (κ3) is 3.60. The highest BCUT2D eigenvalue weighted by atomic mass is 32.1. The number of hydrogen-bond acceptors (Lipinski definition) is 5. The molecular formula is C18H19N5O2S. The molecule has 7 nitrogen and oxygen atoms in total. The third-order valence-corrected chi connectivity index (χ3v) is 5.30. The number of hydrogen-bond donors (Lipinski definition) is 1. The standard InChI is InChI=1S/C18H19N5O2S/c24-16-9-14(11-23(16)10-13-1-4-19-5-2-13)17(25)20-6-3-15-12-22-7-8-26-18(22)21-15/h1-2,4-5,7-8,12,14H,3,6,9-11H2,(H,20,25)/t14-/m1/s1. The molecule has 0 unspecified atom stereocenters. The summed E-state index contributed by atoms with van der Waals surface area (Å²) in [6.07, 6.45) is 8.32. The summed E-state index contributed by atoms with van der Waals surface area (Å²) in [7, 11) is 0. The summed E-state index contributed by atoms with van der Waals surface area (Å²) in [6, 6.07) is 3.77. The van der Waals surface area contributed by atoms with E-state index in [0.717, 1.165) is 16.2 Å². The molecule has 0 bridgehead atoms. The molecule has 1 aliphatic rings. The summed E-state index contributed by atoms with van der Waals surface area (Å²) >= 11 is 1.59. The highest BCUT2D eigenvalue weighted by molar-refractivity contribution is 7.15. The molecule has 0 saturated carbocycles. The summed E-state index contributed by atoms with van der Waals surface area (Å²) in [5.41, 5.74) is 1.98. The van der Waals surface area contributed by atoms with Crippen LogP contribution in [0.2, 0.25) is 0 Å². The quantitative estimate of drug-likeness (QED) is 0.714. The van der Waals surface area contributed by atoms with Gasteiger partial charge in [0.25, 0.3) is 0 Å². The van der Waals surface area contributed by atoms with E-state index in [1.54, 1.807) is 28.6 Å². The molecule has 1 fully saturated rings. The SMILES string of the molecule is O=C(NCCc1cn2ccsc2n1)[C@@H]1CC(=O)N(Cc2ccncc2)C1. The average Bonchev–Trinajstić information content (AvgIpc) is 3.31. The van der Waals surface area contributed by atoms with Crippen molar-refractivity contribution in [3.63, 3.8) is 0 Å². The van der Waals surface area contributed by atoms with Gasteiger partial charge in [0.1, 0.15) is 0 Å². The fraction of sp³-hybridized carbons (Fsp3) is 0.333. The molecule has 0 aromatic carbocycles.